The van der Waals surface area contributed by atoms with Crippen LogP contribution in [0.25, 0.3) is 0 Å². The number of carbonyl (C=O) groups is 1. The number of nitrogens with zero attached hydrogens (tertiary/aromatic N) is 2. The number of nitrogens with one attached hydrogen (secondary N) is 1. The van der Waals surface area contributed by atoms with Gasteiger partial charge in [0, 0.05) is 0 Å². The van der Waals surface area contributed by atoms with Gasteiger partial charge in [0.2, 0.25) is 11.8 Å². The molecule has 14 heavy (non-hydrogen) atoms. The number of rotatable bonds is 3. The summed E-state index contributed by atoms with van der Waals surface area (Å²) in [4.78, 5) is 15.1. The summed E-state index contributed by atoms with van der Waals surface area (Å²) in [6, 6.07) is 1.84. The summed E-state index contributed by atoms with van der Waals surface area (Å²) in [5, 5.41) is 11.0. The Morgan fingerprint density at radius 2 is 2.57 bits per heavy atom. The number of aryl methyl sites for hydroxylation is 1. The van der Waals surface area contributed by atoms with Gasteiger partial charge in [0.25, 0.3) is 0 Å². The molecule has 1 atom stereocenters. The summed E-state index contributed by atoms with van der Waals surface area (Å²) in [5.41, 5.74) is 0. The molecule has 1 aromatic rings. The Balaban J connectivity index is 2.42. The molecule has 0 aliphatic rings. The Hall–Kier alpha value is -1.83. The third-order valence-electron chi connectivity index (χ3n) is 1.67. The molecule has 0 fully saturated rings. The molecule has 0 aliphatic carbocycles. The van der Waals surface area contributed by atoms with Gasteiger partial charge in [0.1, 0.15) is 11.7 Å². The van der Waals surface area contributed by atoms with E-state index >= 15 is 0 Å². The highest BCUT2D eigenvalue weighted by Crippen LogP contribution is 2.01. The Morgan fingerprint density at radius 3 is 3.07 bits per heavy atom. The topological polar surface area (TPSA) is 78.9 Å². The van der Waals surface area contributed by atoms with E-state index in [2.05, 4.69) is 10.3 Å². The molecule has 1 amide bonds. The van der Waals surface area contributed by atoms with Crippen molar-refractivity contribution in [3.63, 3.8) is 0 Å². The molecule has 1 heterocycles. The molecule has 1 aromatic heterocycles. The summed E-state index contributed by atoms with van der Waals surface area (Å²) in [6.45, 7) is 3.53. The molecule has 0 radical (unpaired) electrons. The largest absolute Gasteiger partial charge is 0.444 e. The zero-order valence-electron chi connectivity index (χ0n) is 8.07. The number of hydrogen-bond acceptors (Lipinski definition) is 4. The molecule has 5 heteroatoms. The van der Waals surface area contributed by atoms with E-state index in [0.29, 0.717) is 11.7 Å². The van der Waals surface area contributed by atoms with Crippen molar-refractivity contribution in [3.8, 4) is 6.07 Å². The lowest BCUT2D eigenvalue weighted by Crippen LogP contribution is -2.27. The summed E-state index contributed by atoms with van der Waals surface area (Å²) in [6.07, 6.45) is 1.58. The highest BCUT2D eigenvalue weighted by molar-refractivity contribution is 5.80. The molecule has 0 saturated heterocycles. The van der Waals surface area contributed by atoms with Gasteiger partial charge < -0.3 is 9.73 Å². The van der Waals surface area contributed by atoms with Crippen LogP contribution >= 0.6 is 0 Å². The first-order valence-electron chi connectivity index (χ1n) is 4.22. The van der Waals surface area contributed by atoms with Gasteiger partial charge in [-0.3, -0.25) is 4.79 Å². The normalized spacial score (nSPS) is 11.8. The maximum Gasteiger partial charge on any atom is 0.237 e. The van der Waals surface area contributed by atoms with Crippen LogP contribution in [0, 0.1) is 24.2 Å². The molecule has 0 aromatic carbocycles. The van der Waals surface area contributed by atoms with Crippen molar-refractivity contribution < 1.29 is 9.21 Å². The summed E-state index contributed by atoms with van der Waals surface area (Å²) in [7, 11) is 0. The fourth-order valence-corrected chi connectivity index (χ4v) is 0.858. The van der Waals surface area contributed by atoms with E-state index in [0.717, 1.165) is 0 Å². The van der Waals surface area contributed by atoms with E-state index in [1.54, 1.807) is 13.1 Å². The van der Waals surface area contributed by atoms with Crippen LogP contribution in [0.4, 0.5) is 0 Å². The highest BCUT2D eigenvalue weighted by Gasteiger charge is 2.11. The van der Waals surface area contributed by atoms with Crippen LogP contribution in [0.1, 0.15) is 18.6 Å². The Morgan fingerprint density at radius 1 is 1.86 bits per heavy atom. The maximum absolute atomic E-state index is 11.2. The first-order chi connectivity index (χ1) is 6.63. The molecule has 1 rings (SSSR count). The molecule has 1 N–H and O–H groups in total. The molecule has 0 bridgehead atoms. The zero-order valence-corrected chi connectivity index (χ0v) is 8.07. The summed E-state index contributed by atoms with van der Waals surface area (Å²) in [5.74, 6) is 0.179. The third kappa shape index (κ3) is 2.59. The van der Waals surface area contributed by atoms with E-state index in [9.17, 15) is 4.79 Å². The first kappa shape index (κ1) is 10.3. The van der Waals surface area contributed by atoms with E-state index in [1.165, 1.54) is 6.92 Å². The highest BCUT2D eigenvalue weighted by atomic mass is 16.4. The minimum Gasteiger partial charge on any atom is -0.444 e. The van der Waals surface area contributed by atoms with Crippen molar-refractivity contribution in [3.05, 3.63) is 17.8 Å². The molecule has 0 aliphatic heterocycles. The fraction of sp³-hybridized carbons (Fsp3) is 0.444. The van der Waals surface area contributed by atoms with E-state index < -0.39 is 5.92 Å². The standard InChI is InChI=1S/C9H11N3O2/c1-6(3-10)9(13)12-5-8-11-4-7(2)14-8/h4,6H,5H2,1-2H3,(H,12,13). The lowest BCUT2D eigenvalue weighted by Gasteiger charge is -2.02. The van der Waals surface area contributed by atoms with Gasteiger partial charge >= 0.3 is 0 Å². The van der Waals surface area contributed by atoms with Crippen molar-refractivity contribution in [2.75, 3.05) is 0 Å². The van der Waals surface area contributed by atoms with Crippen molar-refractivity contribution in [2.45, 2.75) is 20.4 Å². The molecule has 0 saturated carbocycles. The minimum atomic E-state index is -0.647. The van der Waals surface area contributed by atoms with Gasteiger partial charge in [-0.1, -0.05) is 0 Å². The van der Waals surface area contributed by atoms with Crippen molar-refractivity contribution in [2.24, 2.45) is 5.92 Å². The third-order valence-corrected chi connectivity index (χ3v) is 1.67. The number of nitriles is 1. The average Bonchev–Trinajstić information content (AvgIpc) is 2.59. The lowest BCUT2D eigenvalue weighted by atomic mass is 10.2. The van der Waals surface area contributed by atoms with Crippen LogP contribution in [-0.2, 0) is 11.3 Å². The van der Waals surface area contributed by atoms with Crippen LogP contribution in [0.15, 0.2) is 10.6 Å². The van der Waals surface area contributed by atoms with Gasteiger partial charge in [-0.25, -0.2) is 4.98 Å². The van der Waals surface area contributed by atoms with Gasteiger partial charge in [-0.05, 0) is 13.8 Å². The maximum atomic E-state index is 11.2. The monoisotopic (exact) mass is 193 g/mol. The second-order valence-electron chi connectivity index (χ2n) is 2.93. The molecule has 74 valence electrons. The van der Waals surface area contributed by atoms with Gasteiger partial charge in [-0.15, -0.1) is 0 Å². The molecule has 1 unspecified atom stereocenters. The minimum absolute atomic E-state index is 0.221. The first-order valence-corrected chi connectivity index (χ1v) is 4.22. The number of hydrogen-bond donors (Lipinski definition) is 1. The molecule has 0 spiro atoms. The SMILES string of the molecule is Cc1cnc(CNC(=O)C(C)C#N)o1. The van der Waals surface area contributed by atoms with Crippen LogP contribution in [0.5, 0.6) is 0 Å². The summed E-state index contributed by atoms with van der Waals surface area (Å²) < 4.78 is 5.14. The second kappa shape index (κ2) is 4.42. The van der Waals surface area contributed by atoms with Gasteiger partial charge in [0.15, 0.2) is 0 Å². The Kier molecular flexibility index (Phi) is 3.24. The molecular weight excluding hydrogens is 182 g/mol. The second-order valence-corrected chi connectivity index (χ2v) is 2.93. The van der Waals surface area contributed by atoms with Crippen molar-refractivity contribution in [1.82, 2.24) is 10.3 Å². The zero-order chi connectivity index (χ0) is 10.6. The number of amides is 1. The molecule has 5 nitrogen and oxygen atoms in total. The quantitative estimate of drug-likeness (QED) is 0.768. The predicted molar refractivity (Wildman–Crippen MR) is 47.9 cm³/mol. The Labute approximate surface area is 81.7 Å². The van der Waals surface area contributed by atoms with Crippen LogP contribution < -0.4 is 5.32 Å². The Bertz CT molecular complexity index is 364. The smallest absolute Gasteiger partial charge is 0.237 e. The van der Waals surface area contributed by atoms with Gasteiger partial charge in [0.05, 0.1) is 18.8 Å². The lowest BCUT2D eigenvalue weighted by molar-refractivity contribution is -0.123. The van der Waals surface area contributed by atoms with Crippen LogP contribution in [0.3, 0.4) is 0 Å². The number of oxazole rings is 1. The average molecular weight is 193 g/mol. The predicted octanol–water partition coefficient (Wildman–Crippen LogP) is 0.759. The van der Waals surface area contributed by atoms with E-state index in [1.807, 2.05) is 6.07 Å². The van der Waals surface area contributed by atoms with Crippen LogP contribution in [0.2, 0.25) is 0 Å². The van der Waals surface area contributed by atoms with Crippen molar-refractivity contribution in [1.29, 1.82) is 5.26 Å². The summed E-state index contributed by atoms with van der Waals surface area (Å²) >= 11 is 0. The fourth-order valence-electron chi connectivity index (χ4n) is 0.858. The van der Waals surface area contributed by atoms with E-state index in [-0.39, 0.29) is 12.5 Å². The van der Waals surface area contributed by atoms with Crippen molar-refractivity contribution >= 4 is 5.91 Å². The molecular formula is C9H11N3O2. The number of aromatic nitrogens is 1. The number of carbonyl (C=O) groups excluding carboxylic acids is 1. The van der Waals surface area contributed by atoms with E-state index in [4.69, 9.17) is 9.68 Å². The van der Waals surface area contributed by atoms with Gasteiger partial charge in [-0.2, -0.15) is 5.26 Å². The van der Waals surface area contributed by atoms with Crippen LogP contribution in [-0.4, -0.2) is 10.9 Å².